The van der Waals surface area contributed by atoms with E-state index in [-0.39, 0.29) is 63.5 Å². The van der Waals surface area contributed by atoms with E-state index in [1.165, 1.54) is 0 Å². The number of carboxylic acid groups (broad SMARTS) is 1. The van der Waals surface area contributed by atoms with E-state index in [4.69, 9.17) is 22.9 Å². The smallest absolute Gasteiger partial charge is 0.303 e. The van der Waals surface area contributed by atoms with Crippen LogP contribution >= 0.6 is 0 Å². The molecule has 52 heavy (non-hydrogen) atoms. The van der Waals surface area contributed by atoms with Crippen LogP contribution in [0.3, 0.4) is 0 Å². The molecule has 5 atom stereocenters. The van der Waals surface area contributed by atoms with E-state index in [1.807, 2.05) is 36.4 Å². The molecule has 1 heterocycles. The number of nitrogens with one attached hydrogen (secondary N) is 5. The molecular weight excluding hydrogens is 678 g/mol. The summed E-state index contributed by atoms with van der Waals surface area (Å²) < 4.78 is 0. The first kappa shape index (κ1) is 40.4. The van der Waals surface area contributed by atoms with Gasteiger partial charge >= 0.3 is 5.97 Å². The summed E-state index contributed by atoms with van der Waals surface area (Å²) in [5, 5.41) is 34.0. The monoisotopic (exact) mass is 725 g/mol. The fraction of sp³-hybridized carbons (Fsp3) is 0.455. The summed E-state index contributed by atoms with van der Waals surface area (Å²) in [7, 11) is 0. The van der Waals surface area contributed by atoms with Crippen LogP contribution in [0.4, 0.5) is 0 Å². The van der Waals surface area contributed by atoms with Crippen LogP contribution in [0.25, 0.3) is 10.8 Å². The summed E-state index contributed by atoms with van der Waals surface area (Å²) in [5.74, 6) is -5.95. The van der Waals surface area contributed by atoms with Crippen molar-refractivity contribution in [2.45, 2.75) is 75.2 Å². The molecule has 0 bridgehead atoms. The topological polar surface area (TPSA) is 332 Å². The molecular formula is C33H47N11O8. The zero-order valence-corrected chi connectivity index (χ0v) is 28.5. The minimum Gasteiger partial charge on any atom is -0.481 e. The Morgan fingerprint density at radius 1 is 0.615 bits per heavy atom. The molecule has 1 fully saturated rings. The van der Waals surface area contributed by atoms with E-state index in [9.17, 15) is 39.0 Å². The Morgan fingerprint density at radius 2 is 1.06 bits per heavy atom. The average Bonchev–Trinajstić information content (AvgIpc) is 3.10. The number of aliphatic hydroxyl groups is 1. The minimum atomic E-state index is -1.56. The Morgan fingerprint density at radius 3 is 1.56 bits per heavy atom. The number of carboxylic acids is 1. The molecule has 0 radical (unpaired) electrons. The third-order valence-electron chi connectivity index (χ3n) is 8.14. The number of benzene rings is 2. The van der Waals surface area contributed by atoms with Crippen molar-refractivity contribution < 1.29 is 39.0 Å². The second kappa shape index (κ2) is 20.0. The maximum atomic E-state index is 13.9. The Kier molecular flexibility index (Phi) is 15.6. The summed E-state index contributed by atoms with van der Waals surface area (Å²) in [6, 6.07) is 6.03. The molecule has 1 aliphatic heterocycles. The molecule has 2 aromatic carbocycles. The van der Waals surface area contributed by atoms with Gasteiger partial charge in [0.05, 0.1) is 6.61 Å². The number of aliphatic imine (C=N–C) groups is 2. The average molecular weight is 726 g/mol. The van der Waals surface area contributed by atoms with Gasteiger partial charge in [0.15, 0.2) is 11.9 Å². The molecule has 19 heteroatoms. The largest absolute Gasteiger partial charge is 0.481 e. The highest BCUT2D eigenvalue weighted by molar-refractivity contribution is 5.98. The molecule has 15 N–H and O–H groups in total. The van der Waals surface area contributed by atoms with Crippen LogP contribution in [-0.2, 0) is 35.2 Å². The highest BCUT2D eigenvalue weighted by Crippen LogP contribution is 2.17. The molecule has 2 aromatic rings. The SMILES string of the molecule is NC(N)=NCCC[C@@H]1NC(=O)[C@H](CCC(=O)O)NC(=O)[C@H](CCCN=C(N)N)NC(=O)[C@H](Cc2ccc3ccccc3c2)NC(=O)[C@H](CO)NC1=O. The van der Waals surface area contributed by atoms with Crippen molar-refractivity contribution in [1.82, 2.24) is 26.6 Å². The first-order chi connectivity index (χ1) is 24.8. The molecule has 0 aromatic heterocycles. The van der Waals surface area contributed by atoms with Crippen LogP contribution in [0.5, 0.6) is 0 Å². The maximum Gasteiger partial charge on any atom is 0.303 e. The normalized spacial score (nSPS) is 21.6. The summed E-state index contributed by atoms with van der Waals surface area (Å²) in [6.07, 6.45) is -0.633. The van der Waals surface area contributed by atoms with Crippen molar-refractivity contribution >= 4 is 58.2 Å². The summed E-state index contributed by atoms with van der Waals surface area (Å²) >= 11 is 0. The number of aliphatic carboxylic acids is 1. The van der Waals surface area contributed by atoms with Gasteiger partial charge in [-0.1, -0.05) is 42.5 Å². The lowest BCUT2D eigenvalue weighted by molar-refractivity contribution is -0.138. The summed E-state index contributed by atoms with van der Waals surface area (Å²) in [4.78, 5) is 87.5. The fourth-order valence-electron chi connectivity index (χ4n) is 5.45. The fourth-order valence-corrected chi connectivity index (χ4v) is 5.45. The van der Waals surface area contributed by atoms with Crippen molar-refractivity contribution in [3.8, 4) is 0 Å². The van der Waals surface area contributed by atoms with Gasteiger partial charge in [0.2, 0.25) is 29.5 Å². The molecule has 0 unspecified atom stereocenters. The van der Waals surface area contributed by atoms with E-state index in [0.717, 1.165) is 10.8 Å². The van der Waals surface area contributed by atoms with Gasteiger partial charge in [-0.05, 0) is 48.4 Å². The number of hydrogen-bond acceptors (Lipinski definition) is 9. The molecule has 19 nitrogen and oxygen atoms in total. The Balaban J connectivity index is 2.04. The lowest BCUT2D eigenvalue weighted by Gasteiger charge is -2.26. The molecule has 1 aliphatic rings. The van der Waals surface area contributed by atoms with Crippen molar-refractivity contribution in [3.05, 3.63) is 48.0 Å². The van der Waals surface area contributed by atoms with Crippen molar-refractivity contribution in [3.63, 3.8) is 0 Å². The number of amides is 5. The molecule has 3 rings (SSSR count). The van der Waals surface area contributed by atoms with Crippen molar-refractivity contribution in [2.24, 2.45) is 32.9 Å². The molecule has 282 valence electrons. The zero-order chi connectivity index (χ0) is 38.2. The van der Waals surface area contributed by atoms with Crippen molar-refractivity contribution in [2.75, 3.05) is 19.7 Å². The Hall–Kier alpha value is -5.98. The molecule has 0 saturated carbocycles. The van der Waals surface area contributed by atoms with E-state index >= 15 is 0 Å². The van der Waals surface area contributed by atoms with Gasteiger partial charge < -0.3 is 59.7 Å². The molecule has 0 spiro atoms. The molecule has 0 aliphatic carbocycles. The van der Waals surface area contributed by atoms with E-state index in [2.05, 4.69) is 36.6 Å². The number of guanidine groups is 2. The second-order valence-electron chi connectivity index (χ2n) is 12.2. The van der Waals surface area contributed by atoms with Crippen LogP contribution in [0.2, 0.25) is 0 Å². The van der Waals surface area contributed by atoms with E-state index < -0.39 is 78.7 Å². The Labute approximate surface area is 299 Å². The van der Waals surface area contributed by atoms with Gasteiger partial charge in [-0.3, -0.25) is 38.8 Å². The third-order valence-corrected chi connectivity index (χ3v) is 8.14. The van der Waals surface area contributed by atoms with Gasteiger partial charge in [0.1, 0.15) is 30.2 Å². The Bertz CT molecular complexity index is 1660. The molecule has 1 saturated heterocycles. The molecule has 5 amide bonds. The van der Waals surface area contributed by atoms with Gasteiger partial charge in [-0.2, -0.15) is 0 Å². The van der Waals surface area contributed by atoms with Crippen LogP contribution < -0.4 is 49.5 Å². The van der Waals surface area contributed by atoms with Gasteiger partial charge in [-0.15, -0.1) is 0 Å². The number of nitrogens with two attached hydrogens (primary N) is 4. The number of carbonyl (C=O) groups excluding carboxylic acids is 5. The van der Waals surface area contributed by atoms with Crippen LogP contribution in [0.1, 0.15) is 44.1 Å². The summed E-state index contributed by atoms with van der Waals surface area (Å²) in [5.41, 5.74) is 22.3. The van der Waals surface area contributed by atoms with Crippen molar-refractivity contribution in [1.29, 1.82) is 0 Å². The van der Waals surface area contributed by atoms with E-state index in [0.29, 0.717) is 5.56 Å². The quantitative estimate of drug-likeness (QED) is 0.0521. The van der Waals surface area contributed by atoms with Gasteiger partial charge in [0.25, 0.3) is 0 Å². The predicted octanol–water partition coefficient (Wildman–Crippen LogP) is -3.22. The number of hydrogen-bond donors (Lipinski definition) is 11. The zero-order valence-electron chi connectivity index (χ0n) is 28.5. The van der Waals surface area contributed by atoms with Gasteiger partial charge in [0, 0.05) is 25.9 Å². The third kappa shape index (κ3) is 13.0. The van der Waals surface area contributed by atoms with E-state index in [1.54, 1.807) is 6.07 Å². The highest BCUT2D eigenvalue weighted by Gasteiger charge is 2.34. The minimum absolute atomic E-state index is 0.0228. The van der Waals surface area contributed by atoms with Crippen LogP contribution in [-0.4, -0.2) is 108 Å². The predicted molar refractivity (Wildman–Crippen MR) is 191 cm³/mol. The van der Waals surface area contributed by atoms with Crippen LogP contribution in [0, 0.1) is 0 Å². The lowest BCUT2D eigenvalue weighted by Crippen LogP contribution is -2.59. The number of nitrogens with zero attached hydrogens (tertiary/aromatic N) is 2. The summed E-state index contributed by atoms with van der Waals surface area (Å²) in [6.45, 7) is -0.697. The lowest BCUT2D eigenvalue weighted by atomic mass is 10.00. The first-order valence-electron chi connectivity index (χ1n) is 16.7. The number of fused-ring (bicyclic) bond motifs is 1. The second-order valence-corrected chi connectivity index (χ2v) is 12.2. The first-order valence-corrected chi connectivity index (χ1v) is 16.7. The number of aliphatic hydroxyl groups excluding tert-OH is 1. The maximum absolute atomic E-state index is 13.9. The number of rotatable bonds is 14. The van der Waals surface area contributed by atoms with Gasteiger partial charge in [-0.25, -0.2) is 0 Å². The highest BCUT2D eigenvalue weighted by atomic mass is 16.4. The number of carbonyl (C=O) groups is 6. The standard InChI is InChI=1S/C33H47N11O8/c34-32(35)38-13-3-7-21-27(48)42-23(11-12-26(46)47)29(50)40-22(8-4-14-39-33(36)37)28(49)44-25(17-45)31(52)43-24(30(51)41-21)16-18-9-10-19-5-1-2-6-20(19)15-18/h1-2,5-6,9-10,15,21-25,45H,3-4,7-8,11-14,16-17H2,(H,40,50)(H,41,51)(H,42,48)(H,43,52)(H,44,49)(H,46,47)(H4,34,35,38)(H4,36,37,39)/t21-,22-,23-,24-,25-/m0/s1. The van der Waals surface area contributed by atoms with Crippen LogP contribution in [0.15, 0.2) is 52.4 Å².